The number of ether oxygens (including phenoxy) is 1. The fourth-order valence-corrected chi connectivity index (χ4v) is 3.98. The van der Waals surface area contributed by atoms with Gasteiger partial charge < -0.3 is 15.4 Å². The molecule has 0 bridgehead atoms. The normalized spacial score (nSPS) is 17.5. The van der Waals surface area contributed by atoms with Gasteiger partial charge in [-0.25, -0.2) is 14.4 Å². The maximum absolute atomic E-state index is 15.3. The van der Waals surface area contributed by atoms with Crippen LogP contribution in [0.15, 0.2) is 48.8 Å². The van der Waals surface area contributed by atoms with E-state index in [9.17, 15) is 0 Å². The van der Waals surface area contributed by atoms with E-state index in [1.807, 2.05) is 49.4 Å². The minimum atomic E-state index is -0.245. The lowest BCUT2D eigenvalue weighted by Crippen LogP contribution is -2.47. The highest BCUT2D eigenvalue weighted by Crippen LogP contribution is 2.31. The molecule has 0 saturated carbocycles. The number of nitrogens with zero attached hydrogens (tertiary/aromatic N) is 3. The molecule has 1 aliphatic heterocycles. The number of anilines is 2. The van der Waals surface area contributed by atoms with Crippen LogP contribution in [0.4, 0.5) is 15.9 Å². The second kappa shape index (κ2) is 9.96. The zero-order chi connectivity index (χ0) is 21.6. The second-order valence-corrected chi connectivity index (χ2v) is 7.61. The summed E-state index contributed by atoms with van der Waals surface area (Å²) in [5.74, 6) is 0.345. The van der Waals surface area contributed by atoms with Crippen LogP contribution in [0.1, 0.15) is 24.1 Å². The number of fused-ring (bicyclic) bond motifs is 1. The molecule has 2 N–H and O–H groups in total. The highest BCUT2D eigenvalue weighted by molar-refractivity contribution is 5.91. The van der Waals surface area contributed by atoms with Crippen LogP contribution < -0.4 is 10.6 Å². The van der Waals surface area contributed by atoms with Gasteiger partial charge in [0.2, 0.25) is 0 Å². The smallest absolute Gasteiger partial charge is 0.141 e. The lowest BCUT2D eigenvalue weighted by atomic mass is 10.0. The van der Waals surface area contributed by atoms with Crippen molar-refractivity contribution >= 4 is 28.5 Å². The summed E-state index contributed by atoms with van der Waals surface area (Å²) in [6, 6.07) is 11.3. The van der Waals surface area contributed by atoms with Crippen molar-refractivity contribution in [3.63, 3.8) is 0 Å². The first-order chi connectivity index (χ1) is 15.2. The van der Waals surface area contributed by atoms with Crippen molar-refractivity contribution in [3.05, 3.63) is 65.7 Å². The first kappa shape index (κ1) is 21.4. The summed E-state index contributed by atoms with van der Waals surface area (Å²) in [6.07, 6.45) is 5.55. The van der Waals surface area contributed by atoms with E-state index in [4.69, 9.17) is 4.74 Å². The number of benzene rings is 2. The summed E-state index contributed by atoms with van der Waals surface area (Å²) < 4.78 is 20.5. The number of nitrogens with one attached hydrogen (secondary N) is 2. The van der Waals surface area contributed by atoms with Gasteiger partial charge in [-0.15, -0.1) is 0 Å². The fraction of sp³-hybridized carbons (Fsp3) is 0.333. The van der Waals surface area contributed by atoms with Crippen molar-refractivity contribution in [1.29, 1.82) is 0 Å². The van der Waals surface area contributed by atoms with Crippen LogP contribution in [0, 0.1) is 5.82 Å². The third kappa shape index (κ3) is 4.90. The van der Waals surface area contributed by atoms with Gasteiger partial charge in [0.1, 0.15) is 18.0 Å². The molecule has 6 nitrogen and oxygen atoms in total. The Morgan fingerprint density at radius 2 is 2.10 bits per heavy atom. The van der Waals surface area contributed by atoms with Crippen LogP contribution >= 0.6 is 0 Å². The van der Waals surface area contributed by atoms with Crippen LogP contribution in [0.25, 0.3) is 17.0 Å². The summed E-state index contributed by atoms with van der Waals surface area (Å²) in [6.45, 7) is 5.81. The molecule has 0 radical (unpaired) electrons. The molecule has 1 atom stereocenters. The lowest BCUT2D eigenvalue weighted by molar-refractivity contribution is 0.102. The Kier molecular flexibility index (Phi) is 6.86. The average molecular weight is 422 g/mol. The molecular formula is C24H28FN5O. The fourth-order valence-electron chi connectivity index (χ4n) is 3.98. The van der Waals surface area contributed by atoms with E-state index in [0.717, 1.165) is 36.4 Å². The number of aromatic nitrogens is 2. The molecule has 0 amide bonds. The monoisotopic (exact) mass is 421 g/mol. The van der Waals surface area contributed by atoms with E-state index in [-0.39, 0.29) is 11.9 Å². The minimum absolute atomic E-state index is 0.0566. The molecule has 7 heteroatoms. The van der Waals surface area contributed by atoms with Gasteiger partial charge in [-0.05, 0) is 36.8 Å². The predicted molar refractivity (Wildman–Crippen MR) is 123 cm³/mol. The number of rotatable bonds is 7. The quantitative estimate of drug-likeness (QED) is 0.598. The third-order valence-electron chi connectivity index (χ3n) is 5.58. The maximum Gasteiger partial charge on any atom is 0.141 e. The summed E-state index contributed by atoms with van der Waals surface area (Å²) in [5, 5.41) is 7.33. The van der Waals surface area contributed by atoms with Crippen LogP contribution in [0.2, 0.25) is 0 Å². The molecular weight excluding hydrogens is 393 g/mol. The van der Waals surface area contributed by atoms with E-state index in [1.54, 1.807) is 13.2 Å². The van der Waals surface area contributed by atoms with E-state index < -0.39 is 0 Å². The standard InChI is InChI=1S/C24H28FN5O/c1-3-4-17-5-7-18(8-6-17)29-24-20-13-21(25)19(14-22(20)27-16-28-24)23-15-26-9-10-30(23)11-12-31-2/h3-8,13-14,16,23,26H,9-12,15H2,1-2H3,(H,27,28,29)/b4-3+. The Labute approximate surface area is 182 Å². The van der Waals surface area contributed by atoms with E-state index in [1.165, 1.54) is 6.33 Å². The van der Waals surface area contributed by atoms with Crippen LogP contribution in [-0.2, 0) is 4.74 Å². The van der Waals surface area contributed by atoms with Crippen molar-refractivity contribution in [1.82, 2.24) is 20.2 Å². The highest BCUT2D eigenvalue weighted by atomic mass is 19.1. The molecule has 2 aromatic carbocycles. The first-order valence-electron chi connectivity index (χ1n) is 10.6. The minimum Gasteiger partial charge on any atom is -0.383 e. The molecule has 1 aromatic heterocycles. The van der Waals surface area contributed by atoms with Gasteiger partial charge in [0.25, 0.3) is 0 Å². The third-order valence-corrected chi connectivity index (χ3v) is 5.58. The molecule has 1 saturated heterocycles. The average Bonchev–Trinajstić information content (AvgIpc) is 2.79. The van der Waals surface area contributed by atoms with Gasteiger partial charge >= 0.3 is 0 Å². The summed E-state index contributed by atoms with van der Waals surface area (Å²) in [4.78, 5) is 11.0. The molecule has 3 aromatic rings. The van der Waals surface area contributed by atoms with Gasteiger partial charge in [0.15, 0.2) is 0 Å². The Balaban J connectivity index is 1.64. The second-order valence-electron chi connectivity index (χ2n) is 7.61. The molecule has 31 heavy (non-hydrogen) atoms. The van der Waals surface area contributed by atoms with Crippen molar-refractivity contribution in [2.45, 2.75) is 13.0 Å². The van der Waals surface area contributed by atoms with Crippen molar-refractivity contribution in [2.24, 2.45) is 0 Å². The number of hydrogen-bond donors (Lipinski definition) is 2. The number of allylic oxidation sites excluding steroid dienone is 1. The summed E-state index contributed by atoms with van der Waals surface area (Å²) >= 11 is 0. The molecule has 2 heterocycles. The summed E-state index contributed by atoms with van der Waals surface area (Å²) in [7, 11) is 1.69. The van der Waals surface area contributed by atoms with E-state index in [2.05, 4.69) is 25.5 Å². The van der Waals surface area contributed by atoms with E-state index >= 15 is 4.39 Å². The Hall–Kier alpha value is -2.87. The molecule has 1 unspecified atom stereocenters. The van der Waals surface area contributed by atoms with Crippen molar-refractivity contribution in [2.75, 3.05) is 45.2 Å². The lowest BCUT2D eigenvalue weighted by Gasteiger charge is -2.36. The first-order valence-corrected chi connectivity index (χ1v) is 10.6. The molecule has 1 fully saturated rings. The molecule has 0 spiro atoms. The van der Waals surface area contributed by atoms with Gasteiger partial charge in [0.05, 0.1) is 18.2 Å². The Morgan fingerprint density at radius 3 is 2.87 bits per heavy atom. The predicted octanol–water partition coefficient (Wildman–Crippen LogP) is 4.14. The number of piperazine rings is 1. The van der Waals surface area contributed by atoms with Gasteiger partial charge in [-0.1, -0.05) is 24.3 Å². The number of hydrogen-bond acceptors (Lipinski definition) is 6. The zero-order valence-electron chi connectivity index (χ0n) is 17.9. The largest absolute Gasteiger partial charge is 0.383 e. The van der Waals surface area contributed by atoms with Gasteiger partial charge in [-0.2, -0.15) is 0 Å². The topological polar surface area (TPSA) is 62.3 Å². The molecule has 4 rings (SSSR count). The highest BCUT2D eigenvalue weighted by Gasteiger charge is 2.26. The maximum atomic E-state index is 15.3. The van der Waals surface area contributed by atoms with Gasteiger partial charge in [0, 0.05) is 49.9 Å². The van der Waals surface area contributed by atoms with Crippen LogP contribution in [-0.4, -0.2) is 54.8 Å². The Bertz CT molecular complexity index is 1050. The number of methoxy groups -OCH3 is 1. The van der Waals surface area contributed by atoms with E-state index in [0.29, 0.717) is 29.9 Å². The van der Waals surface area contributed by atoms with Crippen LogP contribution in [0.3, 0.4) is 0 Å². The number of halogens is 1. The molecule has 162 valence electrons. The summed E-state index contributed by atoms with van der Waals surface area (Å²) in [5.41, 5.74) is 3.38. The molecule has 0 aliphatic carbocycles. The van der Waals surface area contributed by atoms with Gasteiger partial charge in [-0.3, -0.25) is 4.90 Å². The van der Waals surface area contributed by atoms with Crippen molar-refractivity contribution < 1.29 is 9.13 Å². The van der Waals surface area contributed by atoms with Crippen LogP contribution in [0.5, 0.6) is 0 Å². The zero-order valence-corrected chi connectivity index (χ0v) is 17.9. The SMILES string of the molecule is C/C=C/c1ccc(Nc2ncnc3cc(C4CNCCN4CCOC)c(F)cc23)cc1. The van der Waals surface area contributed by atoms with Crippen molar-refractivity contribution in [3.8, 4) is 0 Å². The molecule has 1 aliphatic rings. The Morgan fingerprint density at radius 1 is 1.26 bits per heavy atom.